The van der Waals surface area contributed by atoms with Gasteiger partial charge in [0.1, 0.15) is 5.75 Å². The number of aryl methyl sites for hydroxylation is 1. The van der Waals surface area contributed by atoms with Gasteiger partial charge in [-0.2, -0.15) is 0 Å². The molecule has 0 saturated carbocycles. The van der Waals surface area contributed by atoms with Crippen molar-refractivity contribution in [3.8, 4) is 5.75 Å². The van der Waals surface area contributed by atoms with E-state index in [4.69, 9.17) is 4.74 Å². The molecule has 1 aromatic heterocycles. The Morgan fingerprint density at radius 2 is 1.92 bits per heavy atom. The van der Waals surface area contributed by atoms with Crippen molar-refractivity contribution in [2.75, 3.05) is 18.2 Å². The number of fused-ring (bicyclic) bond motifs is 1. The molecule has 3 rings (SSSR count). The molecule has 1 heterocycles. The maximum absolute atomic E-state index is 12.0. The Morgan fingerprint density at radius 1 is 1.20 bits per heavy atom. The number of anilines is 1. The Bertz CT molecular complexity index is 1020. The molecule has 0 fully saturated rings. The number of carbonyl (C=O) groups is 1. The molecule has 1 N–H and O–H groups in total. The van der Waals surface area contributed by atoms with E-state index in [2.05, 4.69) is 10.3 Å². The number of ether oxygens (including phenoxy) is 1. The highest BCUT2D eigenvalue weighted by atomic mass is 32.2. The van der Waals surface area contributed by atoms with Gasteiger partial charge in [-0.25, -0.2) is 13.4 Å². The molecule has 8 heteroatoms. The van der Waals surface area contributed by atoms with Gasteiger partial charge in [-0.3, -0.25) is 10.1 Å². The van der Waals surface area contributed by atoms with Gasteiger partial charge in [-0.15, -0.1) is 0 Å². The van der Waals surface area contributed by atoms with Crippen molar-refractivity contribution < 1.29 is 17.9 Å². The Kier molecular flexibility index (Phi) is 4.73. The molecule has 0 atom stereocenters. The second-order valence-electron chi connectivity index (χ2n) is 5.57. The SMILES string of the molecule is Cc1ccc(OCC(=O)Nc2nc3ccc(S(C)(=O)=O)cc3s2)cc1. The number of hydrogen-bond acceptors (Lipinski definition) is 6. The molecular weight excluding hydrogens is 360 g/mol. The number of rotatable bonds is 5. The van der Waals surface area contributed by atoms with Crippen LogP contribution in [-0.2, 0) is 14.6 Å². The zero-order valence-corrected chi connectivity index (χ0v) is 15.3. The third kappa shape index (κ3) is 4.34. The predicted molar refractivity (Wildman–Crippen MR) is 98.0 cm³/mol. The van der Waals surface area contributed by atoms with Crippen molar-refractivity contribution >= 4 is 42.4 Å². The van der Waals surface area contributed by atoms with E-state index in [0.717, 1.165) is 11.8 Å². The molecule has 25 heavy (non-hydrogen) atoms. The minimum atomic E-state index is -3.28. The minimum Gasteiger partial charge on any atom is -0.484 e. The highest BCUT2D eigenvalue weighted by Gasteiger charge is 2.12. The summed E-state index contributed by atoms with van der Waals surface area (Å²) in [5, 5.41) is 3.07. The fraction of sp³-hybridized carbons (Fsp3) is 0.176. The molecule has 0 bridgehead atoms. The summed E-state index contributed by atoms with van der Waals surface area (Å²) in [4.78, 5) is 16.5. The second-order valence-corrected chi connectivity index (χ2v) is 8.62. The largest absolute Gasteiger partial charge is 0.484 e. The molecule has 3 aromatic rings. The first kappa shape index (κ1) is 17.4. The van der Waals surface area contributed by atoms with E-state index in [1.165, 1.54) is 17.4 Å². The third-order valence-corrected chi connectivity index (χ3v) is 5.47. The van der Waals surface area contributed by atoms with Crippen LogP contribution in [0.1, 0.15) is 5.56 Å². The van der Waals surface area contributed by atoms with Crippen LogP contribution in [0.25, 0.3) is 10.2 Å². The number of sulfone groups is 1. The molecule has 0 aliphatic heterocycles. The number of aromatic nitrogens is 1. The van der Waals surface area contributed by atoms with E-state index in [1.54, 1.807) is 24.3 Å². The van der Waals surface area contributed by atoms with Gasteiger partial charge < -0.3 is 4.74 Å². The summed E-state index contributed by atoms with van der Waals surface area (Å²) in [6.45, 7) is 1.84. The quantitative estimate of drug-likeness (QED) is 0.740. The topological polar surface area (TPSA) is 85.4 Å². The fourth-order valence-electron chi connectivity index (χ4n) is 2.13. The van der Waals surface area contributed by atoms with Crippen LogP contribution in [0.2, 0.25) is 0 Å². The standard InChI is InChI=1S/C17H16N2O4S2/c1-11-3-5-12(6-4-11)23-10-16(20)19-17-18-14-8-7-13(25(2,21)22)9-15(14)24-17/h3-9H,10H2,1-2H3,(H,18,19,20). The van der Waals surface area contributed by atoms with Crippen molar-refractivity contribution in [2.45, 2.75) is 11.8 Å². The van der Waals surface area contributed by atoms with E-state index < -0.39 is 9.84 Å². The lowest BCUT2D eigenvalue weighted by Gasteiger charge is -2.05. The first-order valence-electron chi connectivity index (χ1n) is 7.41. The average molecular weight is 376 g/mol. The number of nitrogens with zero attached hydrogens (tertiary/aromatic N) is 1. The van der Waals surface area contributed by atoms with E-state index >= 15 is 0 Å². The van der Waals surface area contributed by atoms with Crippen LogP contribution in [0.3, 0.4) is 0 Å². The lowest BCUT2D eigenvalue weighted by atomic mass is 10.2. The molecule has 0 radical (unpaired) electrons. The van der Waals surface area contributed by atoms with Crippen molar-refractivity contribution in [1.29, 1.82) is 0 Å². The summed E-state index contributed by atoms with van der Waals surface area (Å²) < 4.78 is 29.3. The first-order chi connectivity index (χ1) is 11.8. The monoisotopic (exact) mass is 376 g/mol. The summed E-state index contributed by atoms with van der Waals surface area (Å²) in [5.41, 5.74) is 1.74. The van der Waals surface area contributed by atoms with Crippen molar-refractivity contribution in [2.24, 2.45) is 0 Å². The first-order valence-corrected chi connectivity index (χ1v) is 10.1. The molecule has 0 unspecified atom stereocenters. The number of thiazole rings is 1. The summed E-state index contributed by atoms with van der Waals surface area (Å²) >= 11 is 1.22. The molecule has 0 aliphatic rings. The van der Waals surface area contributed by atoms with E-state index in [9.17, 15) is 13.2 Å². The van der Waals surface area contributed by atoms with Crippen LogP contribution < -0.4 is 10.1 Å². The minimum absolute atomic E-state index is 0.131. The van der Waals surface area contributed by atoms with Gasteiger partial charge in [-0.05, 0) is 37.3 Å². The van der Waals surface area contributed by atoms with Crippen LogP contribution in [0.15, 0.2) is 47.4 Å². The second kappa shape index (κ2) is 6.81. The van der Waals surface area contributed by atoms with Gasteiger partial charge in [-0.1, -0.05) is 29.0 Å². The average Bonchev–Trinajstić information content (AvgIpc) is 2.94. The Labute approximate surface area is 149 Å². The molecule has 1 amide bonds. The Morgan fingerprint density at radius 3 is 2.60 bits per heavy atom. The smallest absolute Gasteiger partial charge is 0.264 e. The molecule has 0 spiro atoms. The highest BCUT2D eigenvalue weighted by Crippen LogP contribution is 2.28. The summed E-state index contributed by atoms with van der Waals surface area (Å²) in [6.07, 6.45) is 1.15. The van der Waals surface area contributed by atoms with Gasteiger partial charge in [0.2, 0.25) is 0 Å². The van der Waals surface area contributed by atoms with Gasteiger partial charge in [0.05, 0.1) is 15.1 Å². The molecule has 6 nitrogen and oxygen atoms in total. The number of benzene rings is 2. The zero-order valence-electron chi connectivity index (χ0n) is 13.6. The van der Waals surface area contributed by atoms with Crippen molar-refractivity contribution in [3.63, 3.8) is 0 Å². The summed E-state index contributed by atoms with van der Waals surface area (Å²) in [5.74, 6) is 0.283. The zero-order chi connectivity index (χ0) is 18.0. The highest BCUT2D eigenvalue weighted by molar-refractivity contribution is 7.90. The fourth-order valence-corrected chi connectivity index (χ4v) is 3.77. The van der Waals surface area contributed by atoms with Crippen LogP contribution in [0.5, 0.6) is 5.75 Å². The van der Waals surface area contributed by atoms with Crippen LogP contribution >= 0.6 is 11.3 Å². The molecule has 2 aromatic carbocycles. The van der Waals surface area contributed by atoms with E-state index in [0.29, 0.717) is 21.1 Å². The number of carbonyl (C=O) groups excluding carboxylic acids is 1. The molecule has 130 valence electrons. The number of hydrogen-bond donors (Lipinski definition) is 1. The lowest BCUT2D eigenvalue weighted by molar-refractivity contribution is -0.118. The summed E-state index contributed by atoms with van der Waals surface area (Å²) in [6, 6.07) is 12.1. The van der Waals surface area contributed by atoms with Gasteiger partial charge >= 0.3 is 0 Å². The Hall–Kier alpha value is -2.45. The maximum atomic E-state index is 12.0. The van der Waals surface area contributed by atoms with Crippen LogP contribution in [-0.4, -0.2) is 32.2 Å². The lowest BCUT2D eigenvalue weighted by Crippen LogP contribution is -2.19. The number of amides is 1. The van der Waals surface area contributed by atoms with Crippen LogP contribution in [0, 0.1) is 6.92 Å². The summed E-state index contributed by atoms with van der Waals surface area (Å²) in [7, 11) is -3.28. The van der Waals surface area contributed by atoms with Gasteiger partial charge in [0, 0.05) is 6.26 Å². The van der Waals surface area contributed by atoms with E-state index in [1.807, 2.05) is 19.1 Å². The number of nitrogens with one attached hydrogen (secondary N) is 1. The van der Waals surface area contributed by atoms with E-state index in [-0.39, 0.29) is 17.4 Å². The van der Waals surface area contributed by atoms with Crippen molar-refractivity contribution in [3.05, 3.63) is 48.0 Å². The maximum Gasteiger partial charge on any atom is 0.264 e. The van der Waals surface area contributed by atoms with Gasteiger partial charge in [0.15, 0.2) is 21.6 Å². The third-order valence-electron chi connectivity index (χ3n) is 3.43. The van der Waals surface area contributed by atoms with Crippen molar-refractivity contribution in [1.82, 2.24) is 4.98 Å². The molecule has 0 saturated heterocycles. The van der Waals surface area contributed by atoms with Gasteiger partial charge in [0.25, 0.3) is 5.91 Å². The normalized spacial score (nSPS) is 11.4. The van der Waals surface area contributed by atoms with Crippen LogP contribution in [0.4, 0.5) is 5.13 Å². The predicted octanol–water partition coefficient (Wildman–Crippen LogP) is 3.03. The Balaban J connectivity index is 1.67. The molecular formula is C17H16N2O4S2. The molecule has 0 aliphatic carbocycles.